The largest absolute Gasteiger partial charge is 0.507 e. The lowest BCUT2D eigenvalue weighted by Crippen LogP contribution is -1.96. The monoisotopic (exact) mass is 326 g/mol. The summed E-state index contributed by atoms with van der Waals surface area (Å²) in [6, 6.07) is 11.8. The molecule has 2 rings (SSSR count). The van der Waals surface area contributed by atoms with Crippen LogP contribution in [0.2, 0.25) is 0 Å². The highest BCUT2D eigenvalue weighted by Gasteiger charge is 2.09. The summed E-state index contributed by atoms with van der Waals surface area (Å²) >= 11 is 3.20. The maximum absolute atomic E-state index is 11.5. The topological polar surface area (TPSA) is 54.4 Å². The van der Waals surface area contributed by atoms with Crippen LogP contribution in [0.5, 0.6) is 5.75 Å². The van der Waals surface area contributed by atoms with E-state index in [0.717, 1.165) is 11.1 Å². The molecule has 0 unspecified atom stereocenters. The van der Waals surface area contributed by atoms with Crippen LogP contribution in [0.25, 0.3) is 11.1 Å². The molecule has 94 valence electrons. The average molecular weight is 327 g/mol. The normalized spacial score (nSPS) is 11.4. The molecule has 0 aliphatic heterocycles. The predicted molar refractivity (Wildman–Crippen MR) is 74.4 cm³/mol. The standard InChI is InChI=1S/C13H11BrO3S/c1-18(16,17)11-4-2-3-9(7-11)10-5-6-12(14)13(15)8-10/h2-8,15H,1H3. The molecule has 0 saturated carbocycles. The number of halogens is 1. The Morgan fingerprint density at radius 1 is 1.06 bits per heavy atom. The number of phenolic OH excluding ortho intramolecular Hbond substituents is 1. The lowest BCUT2D eigenvalue weighted by molar-refractivity contribution is 0.472. The van der Waals surface area contributed by atoms with E-state index in [4.69, 9.17) is 0 Å². The van der Waals surface area contributed by atoms with Crippen molar-refractivity contribution in [3.05, 3.63) is 46.9 Å². The molecule has 2 aromatic carbocycles. The van der Waals surface area contributed by atoms with Crippen LogP contribution in [-0.4, -0.2) is 19.8 Å². The van der Waals surface area contributed by atoms with Gasteiger partial charge < -0.3 is 5.11 Å². The molecular weight excluding hydrogens is 316 g/mol. The first-order chi connectivity index (χ1) is 8.38. The van der Waals surface area contributed by atoms with E-state index in [9.17, 15) is 13.5 Å². The molecule has 3 nitrogen and oxygen atoms in total. The van der Waals surface area contributed by atoms with E-state index >= 15 is 0 Å². The molecule has 2 aromatic rings. The lowest BCUT2D eigenvalue weighted by Gasteiger charge is -2.06. The quantitative estimate of drug-likeness (QED) is 0.921. The molecule has 0 radical (unpaired) electrons. The lowest BCUT2D eigenvalue weighted by atomic mass is 10.1. The molecule has 0 aromatic heterocycles. The van der Waals surface area contributed by atoms with Crippen LogP contribution in [0.3, 0.4) is 0 Å². The van der Waals surface area contributed by atoms with Gasteiger partial charge in [0.15, 0.2) is 9.84 Å². The van der Waals surface area contributed by atoms with E-state index in [1.54, 1.807) is 36.4 Å². The van der Waals surface area contributed by atoms with Gasteiger partial charge in [-0.1, -0.05) is 18.2 Å². The first-order valence-corrected chi connectivity index (χ1v) is 7.85. The molecule has 0 bridgehead atoms. The Balaban J connectivity index is 2.55. The minimum atomic E-state index is -3.22. The van der Waals surface area contributed by atoms with Crippen LogP contribution in [-0.2, 0) is 9.84 Å². The highest BCUT2D eigenvalue weighted by molar-refractivity contribution is 9.10. The minimum absolute atomic E-state index is 0.122. The third-order valence-electron chi connectivity index (χ3n) is 2.54. The van der Waals surface area contributed by atoms with Crippen molar-refractivity contribution in [2.45, 2.75) is 4.90 Å². The van der Waals surface area contributed by atoms with Crippen molar-refractivity contribution in [3.8, 4) is 16.9 Å². The Morgan fingerprint density at radius 2 is 1.72 bits per heavy atom. The van der Waals surface area contributed by atoms with Crippen LogP contribution < -0.4 is 0 Å². The number of sulfone groups is 1. The van der Waals surface area contributed by atoms with E-state index < -0.39 is 9.84 Å². The molecule has 5 heteroatoms. The van der Waals surface area contributed by atoms with Crippen LogP contribution in [0, 0.1) is 0 Å². The van der Waals surface area contributed by atoms with Gasteiger partial charge in [0.05, 0.1) is 9.37 Å². The maximum Gasteiger partial charge on any atom is 0.175 e. The van der Waals surface area contributed by atoms with Crippen LogP contribution in [0.1, 0.15) is 0 Å². The fourth-order valence-corrected chi connectivity index (χ4v) is 2.51. The zero-order chi connectivity index (χ0) is 13.3. The number of rotatable bonds is 2. The number of benzene rings is 2. The number of hydrogen-bond donors (Lipinski definition) is 1. The number of phenols is 1. The van der Waals surface area contributed by atoms with Crippen LogP contribution in [0.15, 0.2) is 51.8 Å². The molecule has 0 spiro atoms. The van der Waals surface area contributed by atoms with Gasteiger partial charge in [-0.3, -0.25) is 0 Å². The van der Waals surface area contributed by atoms with Crippen molar-refractivity contribution in [1.29, 1.82) is 0 Å². The SMILES string of the molecule is CS(=O)(=O)c1cccc(-c2ccc(Br)c(O)c2)c1. The minimum Gasteiger partial charge on any atom is -0.507 e. The summed E-state index contributed by atoms with van der Waals surface area (Å²) in [5.41, 5.74) is 1.52. The number of aromatic hydroxyl groups is 1. The molecule has 18 heavy (non-hydrogen) atoms. The molecule has 0 aliphatic carbocycles. The Bertz CT molecular complexity index is 693. The van der Waals surface area contributed by atoms with Gasteiger partial charge in [0, 0.05) is 6.26 Å². The van der Waals surface area contributed by atoms with Gasteiger partial charge in [0.2, 0.25) is 0 Å². The van der Waals surface area contributed by atoms with Gasteiger partial charge in [-0.05, 0) is 51.3 Å². The fourth-order valence-electron chi connectivity index (χ4n) is 1.60. The average Bonchev–Trinajstić information content (AvgIpc) is 2.32. The summed E-state index contributed by atoms with van der Waals surface area (Å²) in [4.78, 5) is 0.266. The summed E-state index contributed by atoms with van der Waals surface area (Å²) in [7, 11) is -3.22. The second-order valence-corrected chi connectivity index (χ2v) is 6.84. The maximum atomic E-state index is 11.5. The van der Waals surface area contributed by atoms with E-state index in [1.165, 1.54) is 6.26 Å². The molecule has 1 N–H and O–H groups in total. The first kappa shape index (κ1) is 13.1. The molecule has 0 fully saturated rings. The van der Waals surface area contributed by atoms with Gasteiger partial charge >= 0.3 is 0 Å². The third-order valence-corrected chi connectivity index (χ3v) is 4.32. The Hall–Kier alpha value is -1.33. The third kappa shape index (κ3) is 2.73. The van der Waals surface area contributed by atoms with Crippen molar-refractivity contribution in [2.24, 2.45) is 0 Å². The van der Waals surface area contributed by atoms with Crippen LogP contribution in [0.4, 0.5) is 0 Å². The highest BCUT2D eigenvalue weighted by atomic mass is 79.9. The molecule has 0 amide bonds. The van der Waals surface area contributed by atoms with E-state index in [2.05, 4.69) is 15.9 Å². The zero-order valence-corrected chi connectivity index (χ0v) is 12.0. The summed E-state index contributed by atoms with van der Waals surface area (Å²) in [5.74, 6) is 0.122. The zero-order valence-electron chi connectivity index (χ0n) is 9.59. The summed E-state index contributed by atoms with van der Waals surface area (Å²) < 4.78 is 23.6. The van der Waals surface area contributed by atoms with Gasteiger partial charge in [-0.2, -0.15) is 0 Å². The molecule has 0 heterocycles. The molecule has 0 atom stereocenters. The Labute approximate surface area is 114 Å². The second kappa shape index (κ2) is 4.74. The van der Waals surface area contributed by atoms with Crippen molar-refractivity contribution >= 4 is 25.8 Å². The number of hydrogen-bond acceptors (Lipinski definition) is 3. The van der Waals surface area contributed by atoms with Gasteiger partial charge in [-0.15, -0.1) is 0 Å². The van der Waals surface area contributed by atoms with E-state index in [1.807, 2.05) is 6.07 Å². The second-order valence-electron chi connectivity index (χ2n) is 3.97. The molecule has 0 saturated heterocycles. The van der Waals surface area contributed by atoms with Crippen molar-refractivity contribution in [2.75, 3.05) is 6.26 Å². The molecular formula is C13H11BrO3S. The summed E-state index contributed by atoms with van der Waals surface area (Å²) in [6.07, 6.45) is 1.17. The van der Waals surface area contributed by atoms with Crippen molar-refractivity contribution in [1.82, 2.24) is 0 Å². The van der Waals surface area contributed by atoms with Crippen molar-refractivity contribution in [3.63, 3.8) is 0 Å². The highest BCUT2D eigenvalue weighted by Crippen LogP contribution is 2.30. The van der Waals surface area contributed by atoms with Gasteiger partial charge in [0.1, 0.15) is 5.75 Å². The first-order valence-electron chi connectivity index (χ1n) is 5.17. The predicted octanol–water partition coefficient (Wildman–Crippen LogP) is 3.23. The Kier molecular flexibility index (Phi) is 3.45. The Morgan fingerprint density at radius 3 is 2.33 bits per heavy atom. The van der Waals surface area contributed by atoms with E-state index in [-0.39, 0.29) is 10.6 Å². The van der Waals surface area contributed by atoms with Crippen LogP contribution >= 0.6 is 15.9 Å². The van der Waals surface area contributed by atoms with E-state index in [0.29, 0.717) is 4.47 Å². The smallest absolute Gasteiger partial charge is 0.175 e. The fraction of sp³-hybridized carbons (Fsp3) is 0.0769. The van der Waals surface area contributed by atoms with Crippen molar-refractivity contribution < 1.29 is 13.5 Å². The summed E-state index contributed by atoms with van der Waals surface area (Å²) in [6.45, 7) is 0. The van der Waals surface area contributed by atoms with Gasteiger partial charge in [0.25, 0.3) is 0 Å². The molecule has 0 aliphatic rings. The van der Waals surface area contributed by atoms with Gasteiger partial charge in [-0.25, -0.2) is 8.42 Å². The summed E-state index contributed by atoms with van der Waals surface area (Å²) in [5, 5.41) is 9.63.